The van der Waals surface area contributed by atoms with E-state index >= 15 is 0 Å². The lowest BCUT2D eigenvalue weighted by Gasteiger charge is -2.35. The Morgan fingerprint density at radius 3 is 2.43 bits per heavy atom. The van der Waals surface area contributed by atoms with E-state index in [-0.39, 0.29) is 18.1 Å². The van der Waals surface area contributed by atoms with Crippen LogP contribution in [0.1, 0.15) is 52.4 Å². The molecular weight excluding hydrogens is 264 g/mol. The van der Waals surface area contributed by atoms with Crippen molar-refractivity contribution in [1.82, 2.24) is 10.2 Å². The first-order valence-corrected chi connectivity index (χ1v) is 8.77. The average molecular weight is 294 g/mol. The van der Waals surface area contributed by atoms with E-state index in [9.17, 15) is 9.90 Å². The zero-order chi connectivity index (χ0) is 15.0. The zero-order valence-corrected chi connectivity index (χ0v) is 13.4. The van der Waals surface area contributed by atoms with Crippen molar-refractivity contribution in [3.05, 3.63) is 0 Å². The number of likely N-dealkylation sites (tertiary alicyclic amines) is 1. The molecule has 21 heavy (non-hydrogen) atoms. The summed E-state index contributed by atoms with van der Waals surface area (Å²) in [6.07, 6.45) is 6.90. The number of nitrogens with zero attached hydrogens (tertiary/aromatic N) is 1. The summed E-state index contributed by atoms with van der Waals surface area (Å²) in [5.41, 5.74) is 0. The van der Waals surface area contributed by atoms with Crippen LogP contribution in [0.25, 0.3) is 0 Å². The number of rotatable bonds is 4. The minimum absolute atomic E-state index is 0.0708. The third kappa shape index (κ3) is 3.26. The number of fused-ring (bicyclic) bond motifs is 2. The summed E-state index contributed by atoms with van der Waals surface area (Å²) in [5, 5.41) is 12.8. The highest BCUT2D eigenvalue weighted by molar-refractivity contribution is 5.81. The van der Waals surface area contributed by atoms with Crippen LogP contribution in [0.4, 0.5) is 0 Å². The quantitative estimate of drug-likeness (QED) is 0.831. The van der Waals surface area contributed by atoms with Crippen LogP contribution in [-0.2, 0) is 4.79 Å². The molecule has 1 amide bonds. The molecule has 0 aromatic carbocycles. The van der Waals surface area contributed by atoms with Gasteiger partial charge in [-0.1, -0.05) is 6.42 Å². The molecule has 0 spiro atoms. The van der Waals surface area contributed by atoms with Crippen LogP contribution in [0.15, 0.2) is 0 Å². The second-order valence-corrected chi connectivity index (χ2v) is 7.58. The van der Waals surface area contributed by atoms with Gasteiger partial charge in [-0.3, -0.25) is 9.69 Å². The van der Waals surface area contributed by atoms with Gasteiger partial charge in [0.2, 0.25) is 5.91 Å². The van der Waals surface area contributed by atoms with Crippen molar-refractivity contribution < 1.29 is 9.90 Å². The van der Waals surface area contributed by atoms with E-state index in [0.29, 0.717) is 12.0 Å². The Labute approximate surface area is 128 Å². The molecule has 1 saturated heterocycles. The third-order valence-corrected chi connectivity index (χ3v) is 6.23. The SMILES string of the molecule is CC(NC(=O)C(C)N1CCC(O)CC1)C1CC2CCC1C2. The summed E-state index contributed by atoms with van der Waals surface area (Å²) in [5.74, 6) is 2.65. The normalized spacial score (nSPS) is 36.6. The zero-order valence-electron chi connectivity index (χ0n) is 13.4. The van der Waals surface area contributed by atoms with Gasteiger partial charge >= 0.3 is 0 Å². The minimum Gasteiger partial charge on any atom is -0.393 e. The molecule has 120 valence electrons. The molecule has 1 heterocycles. The first kappa shape index (κ1) is 15.3. The Morgan fingerprint density at radius 2 is 1.86 bits per heavy atom. The third-order valence-electron chi connectivity index (χ3n) is 6.23. The van der Waals surface area contributed by atoms with Gasteiger partial charge in [-0.05, 0) is 63.7 Å². The average Bonchev–Trinajstić information content (AvgIpc) is 3.10. The molecule has 2 N–H and O–H groups in total. The van der Waals surface area contributed by atoms with Gasteiger partial charge in [0.05, 0.1) is 12.1 Å². The minimum atomic E-state index is -0.176. The van der Waals surface area contributed by atoms with Crippen molar-refractivity contribution in [2.45, 2.75) is 70.6 Å². The van der Waals surface area contributed by atoms with E-state index in [1.54, 1.807) is 0 Å². The summed E-state index contributed by atoms with van der Waals surface area (Å²) >= 11 is 0. The Hall–Kier alpha value is -0.610. The maximum absolute atomic E-state index is 12.5. The highest BCUT2D eigenvalue weighted by atomic mass is 16.3. The Bertz CT molecular complexity index is 379. The predicted molar refractivity (Wildman–Crippen MR) is 82.8 cm³/mol. The number of piperidine rings is 1. The van der Waals surface area contributed by atoms with Gasteiger partial charge in [-0.2, -0.15) is 0 Å². The van der Waals surface area contributed by atoms with Gasteiger partial charge < -0.3 is 10.4 Å². The van der Waals surface area contributed by atoms with Gasteiger partial charge in [0.1, 0.15) is 0 Å². The Balaban J connectivity index is 1.49. The number of carbonyl (C=O) groups excluding carboxylic acids is 1. The highest BCUT2D eigenvalue weighted by Gasteiger charge is 2.42. The van der Waals surface area contributed by atoms with Crippen molar-refractivity contribution >= 4 is 5.91 Å². The molecule has 2 bridgehead atoms. The van der Waals surface area contributed by atoms with Gasteiger partial charge in [0.25, 0.3) is 0 Å². The van der Waals surface area contributed by atoms with Crippen molar-refractivity contribution in [1.29, 1.82) is 0 Å². The number of nitrogens with one attached hydrogen (secondary N) is 1. The Kier molecular flexibility index (Phi) is 4.55. The molecule has 5 unspecified atom stereocenters. The molecule has 3 aliphatic rings. The topological polar surface area (TPSA) is 52.6 Å². The van der Waals surface area contributed by atoms with Gasteiger partial charge in [-0.25, -0.2) is 0 Å². The second kappa shape index (κ2) is 6.25. The summed E-state index contributed by atoms with van der Waals surface area (Å²) < 4.78 is 0. The summed E-state index contributed by atoms with van der Waals surface area (Å²) in [6.45, 7) is 5.85. The fraction of sp³-hybridized carbons (Fsp3) is 0.941. The fourth-order valence-corrected chi connectivity index (χ4v) is 4.80. The van der Waals surface area contributed by atoms with Gasteiger partial charge in [0, 0.05) is 19.1 Å². The molecule has 4 heteroatoms. The molecule has 2 saturated carbocycles. The highest BCUT2D eigenvalue weighted by Crippen LogP contribution is 2.49. The molecule has 2 aliphatic carbocycles. The van der Waals surface area contributed by atoms with E-state index in [2.05, 4.69) is 17.1 Å². The van der Waals surface area contributed by atoms with Crippen LogP contribution in [0.5, 0.6) is 0 Å². The van der Waals surface area contributed by atoms with E-state index in [0.717, 1.165) is 37.8 Å². The predicted octanol–water partition coefficient (Wildman–Crippen LogP) is 1.77. The summed E-state index contributed by atoms with van der Waals surface area (Å²) in [6, 6.07) is 0.240. The van der Waals surface area contributed by atoms with Crippen LogP contribution in [0, 0.1) is 17.8 Å². The van der Waals surface area contributed by atoms with Crippen molar-refractivity contribution in [2.75, 3.05) is 13.1 Å². The standard InChI is InChI=1S/C17H30N2O2/c1-11(16-10-13-3-4-14(16)9-13)18-17(21)12(2)19-7-5-15(20)6-8-19/h11-16,20H,3-10H2,1-2H3,(H,18,21). The van der Waals surface area contributed by atoms with E-state index < -0.39 is 0 Å². The van der Waals surface area contributed by atoms with Crippen molar-refractivity contribution in [3.8, 4) is 0 Å². The van der Waals surface area contributed by atoms with Crippen LogP contribution in [0.2, 0.25) is 0 Å². The van der Waals surface area contributed by atoms with Gasteiger partial charge in [0.15, 0.2) is 0 Å². The number of carbonyl (C=O) groups is 1. The molecule has 3 rings (SSSR count). The van der Waals surface area contributed by atoms with E-state index in [1.807, 2.05) is 6.92 Å². The van der Waals surface area contributed by atoms with E-state index in [1.165, 1.54) is 25.7 Å². The molecule has 4 nitrogen and oxygen atoms in total. The van der Waals surface area contributed by atoms with Gasteiger partial charge in [-0.15, -0.1) is 0 Å². The molecular formula is C17H30N2O2. The smallest absolute Gasteiger partial charge is 0.237 e. The van der Waals surface area contributed by atoms with Crippen LogP contribution < -0.4 is 5.32 Å². The monoisotopic (exact) mass is 294 g/mol. The molecule has 3 fully saturated rings. The number of amides is 1. The maximum atomic E-state index is 12.5. The van der Waals surface area contributed by atoms with Crippen LogP contribution in [0.3, 0.4) is 0 Å². The van der Waals surface area contributed by atoms with Crippen molar-refractivity contribution in [3.63, 3.8) is 0 Å². The number of hydrogen-bond donors (Lipinski definition) is 2. The number of aliphatic hydroxyl groups excluding tert-OH is 1. The second-order valence-electron chi connectivity index (χ2n) is 7.58. The number of hydrogen-bond acceptors (Lipinski definition) is 3. The lowest BCUT2D eigenvalue weighted by atomic mass is 9.84. The molecule has 0 aromatic rings. The molecule has 0 radical (unpaired) electrons. The summed E-state index contributed by atoms with van der Waals surface area (Å²) in [7, 11) is 0. The fourth-order valence-electron chi connectivity index (χ4n) is 4.80. The first-order chi connectivity index (χ1) is 10.0. The van der Waals surface area contributed by atoms with E-state index in [4.69, 9.17) is 0 Å². The first-order valence-electron chi connectivity index (χ1n) is 8.77. The Morgan fingerprint density at radius 1 is 1.14 bits per heavy atom. The van der Waals surface area contributed by atoms with Crippen LogP contribution in [-0.4, -0.2) is 47.2 Å². The summed E-state index contributed by atoms with van der Waals surface area (Å²) in [4.78, 5) is 14.7. The molecule has 1 aliphatic heterocycles. The molecule has 0 aromatic heterocycles. The lowest BCUT2D eigenvalue weighted by Crippen LogP contribution is -2.52. The maximum Gasteiger partial charge on any atom is 0.237 e. The number of aliphatic hydroxyl groups is 1. The largest absolute Gasteiger partial charge is 0.393 e. The van der Waals surface area contributed by atoms with Crippen LogP contribution >= 0.6 is 0 Å². The lowest BCUT2D eigenvalue weighted by molar-refractivity contribution is -0.127. The molecule has 5 atom stereocenters. The van der Waals surface area contributed by atoms with Crippen molar-refractivity contribution in [2.24, 2.45) is 17.8 Å².